The van der Waals surface area contributed by atoms with Gasteiger partial charge in [0.25, 0.3) is 0 Å². The summed E-state index contributed by atoms with van der Waals surface area (Å²) in [5.41, 5.74) is 3.35. The van der Waals surface area contributed by atoms with Gasteiger partial charge in [-0.05, 0) is 204 Å². The zero-order valence-corrected chi connectivity index (χ0v) is 38.5. The molecule has 1 heterocycles. The number of allylic oxidation sites excluding steroid dienone is 5. The third kappa shape index (κ3) is 7.09. The van der Waals surface area contributed by atoms with Gasteiger partial charge in [0.2, 0.25) is 5.88 Å². The highest BCUT2D eigenvalue weighted by molar-refractivity contribution is 5.78. The van der Waals surface area contributed by atoms with Crippen LogP contribution in [0.3, 0.4) is 0 Å². The number of aromatic nitrogens is 1. The molecule has 0 aliphatic heterocycles. The molecule has 7 aliphatic rings. The second-order valence-electron chi connectivity index (χ2n) is 22.9. The molecule has 8 heteroatoms. The van der Waals surface area contributed by atoms with Crippen molar-refractivity contribution in [1.82, 2.24) is 10.3 Å². The van der Waals surface area contributed by atoms with E-state index in [0.717, 1.165) is 45.1 Å². The summed E-state index contributed by atoms with van der Waals surface area (Å²) in [5.74, 6) is 2.61. The van der Waals surface area contributed by atoms with Gasteiger partial charge in [-0.1, -0.05) is 58.9 Å². The molecule has 5 fully saturated rings. The Bertz CT molecular complexity index is 2020. The molecule has 5 saturated carbocycles. The van der Waals surface area contributed by atoms with E-state index in [4.69, 9.17) is 4.74 Å². The average molecular weight is 834 g/mol. The zero-order chi connectivity index (χ0) is 43.8. The van der Waals surface area contributed by atoms with Gasteiger partial charge in [-0.25, -0.2) is 4.98 Å². The molecule has 332 valence electrons. The second-order valence-corrected chi connectivity index (χ2v) is 22.9. The molecule has 0 unspecified atom stereocenters. The average Bonchev–Trinajstić information content (AvgIpc) is 3.60. The number of aliphatic carboxylic acids is 1. The summed E-state index contributed by atoms with van der Waals surface area (Å²) < 4.78 is 5.96. The minimum absolute atomic E-state index is 0.0149. The SMILES string of the molecule is C=C(C)[C@@H]1CC[C@]2(NCC[C@]3(O)CC[C@H](C(C)=O)CC3)CC[C@]3(C)[C@H](CC[C@@H]4[C@@]5(C)CC=C(C6=CC[C@](COc7ncccc7C#N)(C(=O)O)CC6)C(C)(C)[C@@H]5CC[C@]43C)[C@@H]12. The van der Waals surface area contributed by atoms with Gasteiger partial charge in [-0.2, -0.15) is 5.26 Å². The lowest BCUT2D eigenvalue weighted by molar-refractivity contribution is -0.221. The summed E-state index contributed by atoms with van der Waals surface area (Å²) >= 11 is 0. The Hall–Kier alpha value is -3.28. The summed E-state index contributed by atoms with van der Waals surface area (Å²) in [4.78, 5) is 29.1. The first-order valence-electron chi connectivity index (χ1n) is 24.0. The van der Waals surface area contributed by atoms with Gasteiger partial charge >= 0.3 is 5.97 Å². The van der Waals surface area contributed by atoms with Crippen LogP contribution in [0.15, 0.2) is 53.8 Å². The van der Waals surface area contributed by atoms with Crippen LogP contribution in [-0.4, -0.2) is 51.2 Å². The van der Waals surface area contributed by atoms with Crippen molar-refractivity contribution in [2.24, 2.45) is 62.6 Å². The van der Waals surface area contributed by atoms with Crippen LogP contribution in [0.5, 0.6) is 5.88 Å². The molecule has 1 aromatic heterocycles. The summed E-state index contributed by atoms with van der Waals surface area (Å²) in [6, 6.07) is 5.44. The molecule has 0 radical (unpaired) electrons. The van der Waals surface area contributed by atoms with Crippen LogP contribution in [0.2, 0.25) is 0 Å². The van der Waals surface area contributed by atoms with E-state index in [-0.39, 0.29) is 51.4 Å². The molecule has 8 rings (SSSR count). The van der Waals surface area contributed by atoms with Gasteiger partial charge in [0, 0.05) is 17.7 Å². The number of fused-ring (bicyclic) bond motifs is 7. The monoisotopic (exact) mass is 834 g/mol. The third-order valence-electron chi connectivity index (χ3n) is 20.0. The first-order valence-corrected chi connectivity index (χ1v) is 24.0. The fourth-order valence-corrected chi connectivity index (χ4v) is 16.3. The van der Waals surface area contributed by atoms with E-state index in [0.29, 0.717) is 54.4 Å². The predicted octanol–water partition coefficient (Wildman–Crippen LogP) is 10.9. The molecule has 0 amide bonds. The number of carboxylic acid groups (broad SMARTS) is 1. The van der Waals surface area contributed by atoms with E-state index in [2.05, 4.69) is 76.6 Å². The number of carbonyl (C=O) groups excluding carboxylic acids is 1. The van der Waals surface area contributed by atoms with E-state index in [1.807, 2.05) is 0 Å². The Morgan fingerprint density at radius 2 is 1.67 bits per heavy atom. The summed E-state index contributed by atoms with van der Waals surface area (Å²) in [5, 5.41) is 35.9. The first kappa shape index (κ1) is 44.3. The molecule has 61 heavy (non-hydrogen) atoms. The number of ether oxygens (including phenoxy) is 1. The highest BCUT2D eigenvalue weighted by atomic mass is 16.5. The number of Topliss-reactive ketones (excluding diaryl/α,β-unsaturated/α-hetero) is 1. The largest absolute Gasteiger partial charge is 0.481 e. The highest BCUT2D eigenvalue weighted by Crippen LogP contribution is 2.76. The number of ketones is 1. The molecule has 1 aromatic rings. The molecule has 0 saturated heterocycles. The molecule has 3 N–H and O–H groups in total. The smallest absolute Gasteiger partial charge is 0.313 e. The van der Waals surface area contributed by atoms with Crippen molar-refractivity contribution in [1.29, 1.82) is 5.26 Å². The maximum atomic E-state index is 12.8. The number of nitrogens with one attached hydrogen (secondary N) is 1. The maximum Gasteiger partial charge on any atom is 0.313 e. The lowest BCUT2D eigenvalue weighted by Gasteiger charge is -2.72. The van der Waals surface area contributed by atoms with Crippen molar-refractivity contribution < 1.29 is 24.5 Å². The van der Waals surface area contributed by atoms with Crippen LogP contribution in [-0.2, 0) is 9.59 Å². The molecular formula is C53H75N3O5. The quantitative estimate of drug-likeness (QED) is 0.188. The number of rotatable bonds is 11. The Balaban J connectivity index is 1.00. The number of hydrogen-bond acceptors (Lipinski definition) is 7. The van der Waals surface area contributed by atoms with E-state index in [9.17, 15) is 25.1 Å². The van der Waals surface area contributed by atoms with Crippen molar-refractivity contribution in [2.45, 2.75) is 169 Å². The van der Waals surface area contributed by atoms with Gasteiger partial charge in [0.1, 0.15) is 29.4 Å². The summed E-state index contributed by atoms with van der Waals surface area (Å²) in [6.07, 6.45) is 22.7. The van der Waals surface area contributed by atoms with E-state index in [1.165, 1.54) is 68.1 Å². The molecule has 10 atom stereocenters. The number of carbonyl (C=O) groups is 2. The lowest BCUT2D eigenvalue weighted by Crippen LogP contribution is -2.68. The number of nitriles is 1. The minimum Gasteiger partial charge on any atom is -0.481 e. The van der Waals surface area contributed by atoms with Crippen molar-refractivity contribution in [3.05, 3.63) is 59.3 Å². The van der Waals surface area contributed by atoms with Crippen molar-refractivity contribution in [2.75, 3.05) is 13.2 Å². The van der Waals surface area contributed by atoms with Crippen molar-refractivity contribution >= 4 is 11.8 Å². The van der Waals surface area contributed by atoms with Crippen molar-refractivity contribution in [3.8, 4) is 11.9 Å². The fraction of sp³-hybridized carbons (Fsp3) is 0.736. The Labute approximate surface area is 366 Å². The molecule has 0 spiro atoms. The van der Waals surface area contributed by atoms with Crippen LogP contribution in [0, 0.1) is 73.9 Å². The van der Waals surface area contributed by atoms with Gasteiger partial charge in [-0.3, -0.25) is 9.59 Å². The van der Waals surface area contributed by atoms with Crippen LogP contribution < -0.4 is 10.1 Å². The van der Waals surface area contributed by atoms with Gasteiger partial charge in [0.05, 0.1) is 5.60 Å². The molecule has 8 nitrogen and oxygen atoms in total. The number of aliphatic hydroxyl groups is 1. The standard InChI is InChI=1S/C53H75N3O5/c1-34(2)39-17-26-53(56-31-29-52(60)24-15-36(16-25-52)35(3)57)28-27-49(7)41(44(39)53)11-12-43-48(6)20-18-40(47(4,5)42(48)19-21-50(43,49)8)37-13-22-51(23-14-37,46(58)59)33-61-45-38(32-54)10-9-30-55-45/h9-10,13,18,30,36,39,41-44,56,60H,1,11-12,14-17,19-29,31,33H2,2-8H3,(H,58,59)/t36-,39-,41+,42-,43+,44+,48-,49+,50+,51-,52-,53-/m0/s1. The Morgan fingerprint density at radius 1 is 0.918 bits per heavy atom. The molecule has 0 bridgehead atoms. The van der Waals surface area contributed by atoms with Gasteiger partial charge in [-0.15, -0.1) is 0 Å². The highest BCUT2D eigenvalue weighted by Gasteiger charge is 2.70. The van der Waals surface area contributed by atoms with Gasteiger partial charge in [0.15, 0.2) is 0 Å². The fourth-order valence-electron chi connectivity index (χ4n) is 16.3. The van der Waals surface area contributed by atoms with E-state index < -0.39 is 17.0 Å². The van der Waals surface area contributed by atoms with Crippen LogP contribution >= 0.6 is 0 Å². The lowest BCUT2D eigenvalue weighted by atomic mass is 9.33. The number of hydrogen-bond donors (Lipinski definition) is 3. The molecular weight excluding hydrogens is 759 g/mol. The summed E-state index contributed by atoms with van der Waals surface area (Å²) in [7, 11) is 0. The predicted molar refractivity (Wildman–Crippen MR) is 239 cm³/mol. The van der Waals surface area contributed by atoms with E-state index >= 15 is 0 Å². The topological polar surface area (TPSA) is 133 Å². The maximum absolute atomic E-state index is 12.8. The number of nitrogens with zero attached hydrogens (tertiary/aromatic N) is 2. The molecule has 0 aromatic carbocycles. The first-order chi connectivity index (χ1) is 28.8. The third-order valence-corrected chi connectivity index (χ3v) is 20.0. The van der Waals surface area contributed by atoms with E-state index in [1.54, 1.807) is 25.3 Å². The molecule has 7 aliphatic carbocycles. The second kappa shape index (κ2) is 15.8. The van der Waals surface area contributed by atoms with Gasteiger partial charge < -0.3 is 20.3 Å². The summed E-state index contributed by atoms with van der Waals surface area (Å²) in [6.45, 7) is 22.4. The normalized spacial score (nSPS) is 42.6. The van der Waals surface area contributed by atoms with Crippen LogP contribution in [0.1, 0.15) is 163 Å². The minimum atomic E-state index is -1.06. The Morgan fingerprint density at radius 3 is 2.33 bits per heavy atom. The number of pyridine rings is 1. The van der Waals surface area contributed by atoms with Crippen LogP contribution in [0.4, 0.5) is 0 Å². The van der Waals surface area contributed by atoms with Crippen molar-refractivity contribution in [3.63, 3.8) is 0 Å². The number of carboxylic acids is 1. The Kier molecular flexibility index (Phi) is 11.5. The zero-order valence-electron chi connectivity index (χ0n) is 38.5. The van der Waals surface area contributed by atoms with Crippen LogP contribution in [0.25, 0.3) is 0 Å².